The lowest BCUT2D eigenvalue weighted by molar-refractivity contribution is -0.122. The minimum absolute atomic E-state index is 0.0221. The van der Waals surface area contributed by atoms with Crippen LogP contribution in [0.5, 0.6) is 5.75 Å². The maximum absolute atomic E-state index is 13.1. The number of carbonyl (C=O) groups excluding carboxylic acids is 2. The van der Waals surface area contributed by atoms with Crippen molar-refractivity contribution in [3.63, 3.8) is 0 Å². The largest absolute Gasteiger partial charge is 0.479 e. The van der Waals surface area contributed by atoms with Gasteiger partial charge in [-0.1, -0.05) is 25.1 Å². The van der Waals surface area contributed by atoms with Crippen LogP contribution >= 0.6 is 0 Å². The van der Waals surface area contributed by atoms with Gasteiger partial charge >= 0.3 is 0 Å². The molecule has 8 nitrogen and oxygen atoms in total. The Balaban J connectivity index is 1.80. The van der Waals surface area contributed by atoms with E-state index in [0.29, 0.717) is 16.9 Å². The highest BCUT2D eigenvalue weighted by atomic mass is 32.2. The molecule has 1 heterocycles. The standard InChI is InChI=1S/C21H25N3O5S/c1-5-15-8-6-7-9-16(15)22-20(25)12-24(4)30(27,28)19-11-18-17(10-13(19)2)23-21(26)14(3)29-18/h6-11,14H,5,12H2,1-4H3,(H,22,25)(H,23,26)/t14-/m1/s1. The van der Waals surface area contributed by atoms with E-state index in [-0.39, 0.29) is 23.1 Å². The van der Waals surface area contributed by atoms with Crippen molar-refractivity contribution in [2.75, 3.05) is 24.2 Å². The summed E-state index contributed by atoms with van der Waals surface area (Å²) in [6.07, 6.45) is 0.0198. The zero-order valence-electron chi connectivity index (χ0n) is 17.4. The maximum atomic E-state index is 13.1. The second-order valence-corrected chi connectivity index (χ2v) is 9.20. The van der Waals surface area contributed by atoms with Crippen LogP contribution in [0.4, 0.5) is 11.4 Å². The molecule has 1 atom stereocenters. The second-order valence-electron chi connectivity index (χ2n) is 7.18. The molecule has 0 saturated carbocycles. The molecule has 2 N–H and O–H groups in total. The summed E-state index contributed by atoms with van der Waals surface area (Å²) in [6, 6.07) is 10.3. The van der Waals surface area contributed by atoms with Crippen LogP contribution in [0.2, 0.25) is 0 Å². The Morgan fingerprint density at radius 1 is 1.27 bits per heavy atom. The number of carbonyl (C=O) groups is 2. The van der Waals surface area contributed by atoms with Gasteiger partial charge in [0.05, 0.1) is 17.1 Å². The molecule has 0 unspecified atom stereocenters. The first-order valence-corrected chi connectivity index (χ1v) is 11.0. The molecule has 1 aliphatic heterocycles. The van der Waals surface area contributed by atoms with Crippen molar-refractivity contribution >= 4 is 33.2 Å². The molecule has 3 rings (SSSR count). The van der Waals surface area contributed by atoms with Gasteiger partial charge in [0.2, 0.25) is 15.9 Å². The molecule has 0 aliphatic carbocycles. The fourth-order valence-corrected chi connectivity index (χ4v) is 4.56. The summed E-state index contributed by atoms with van der Waals surface area (Å²) in [4.78, 5) is 24.3. The summed E-state index contributed by atoms with van der Waals surface area (Å²) in [6.45, 7) is 4.84. The molecule has 2 aromatic carbocycles. The van der Waals surface area contributed by atoms with Crippen LogP contribution in [0.1, 0.15) is 25.0 Å². The first-order valence-electron chi connectivity index (χ1n) is 9.59. The fraction of sp³-hybridized carbons (Fsp3) is 0.333. The van der Waals surface area contributed by atoms with Crippen LogP contribution in [0.3, 0.4) is 0 Å². The van der Waals surface area contributed by atoms with E-state index in [0.717, 1.165) is 16.3 Å². The summed E-state index contributed by atoms with van der Waals surface area (Å²) in [5, 5.41) is 5.47. The summed E-state index contributed by atoms with van der Waals surface area (Å²) in [5.41, 5.74) is 2.50. The van der Waals surface area contributed by atoms with E-state index in [1.54, 1.807) is 26.0 Å². The summed E-state index contributed by atoms with van der Waals surface area (Å²) in [7, 11) is -2.61. The molecule has 0 radical (unpaired) electrons. The maximum Gasteiger partial charge on any atom is 0.265 e. The predicted octanol–water partition coefficient (Wildman–Crippen LogP) is 2.54. The zero-order valence-corrected chi connectivity index (χ0v) is 18.2. The van der Waals surface area contributed by atoms with Gasteiger partial charge in [-0.15, -0.1) is 0 Å². The van der Waals surface area contributed by atoms with Gasteiger partial charge in [-0.3, -0.25) is 9.59 Å². The molecule has 0 bridgehead atoms. The number of hydrogen-bond donors (Lipinski definition) is 2. The molecule has 9 heteroatoms. The highest BCUT2D eigenvalue weighted by Gasteiger charge is 2.30. The number of rotatable bonds is 6. The normalized spacial score (nSPS) is 15.9. The summed E-state index contributed by atoms with van der Waals surface area (Å²) < 4.78 is 32.7. The number of hydrogen-bond acceptors (Lipinski definition) is 5. The SMILES string of the molecule is CCc1ccccc1NC(=O)CN(C)S(=O)(=O)c1cc2c(cc1C)NC(=O)[C@@H](C)O2. The lowest BCUT2D eigenvalue weighted by Crippen LogP contribution is -2.36. The van der Waals surface area contributed by atoms with Gasteiger partial charge < -0.3 is 15.4 Å². The molecule has 1 aliphatic rings. The second kappa shape index (κ2) is 8.45. The van der Waals surface area contributed by atoms with Crippen LogP contribution in [0.25, 0.3) is 0 Å². The van der Waals surface area contributed by atoms with Crippen molar-refractivity contribution in [1.29, 1.82) is 0 Å². The minimum Gasteiger partial charge on any atom is -0.479 e. The Bertz CT molecular complexity index is 1100. The van der Waals surface area contributed by atoms with E-state index in [4.69, 9.17) is 4.74 Å². The topological polar surface area (TPSA) is 105 Å². The number of para-hydroxylation sites is 1. The van der Waals surface area contributed by atoms with E-state index >= 15 is 0 Å². The third kappa shape index (κ3) is 4.31. The van der Waals surface area contributed by atoms with Gasteiger partial charge in [0.15, 0.2) is 6.10 Å². The molecule has 0 spiro atoms. The molecule has 0 fully saturated rings. The van der Waals surface area contributed by atoms with Gasteiger partial charge in [-0.2, -0.15) is 4.31 Å². The van der Waals surface area contributed by atoms with Crippen LogP contribution in [0, 0.1) is 6.92 Å². The lowest BCUT2D eigenvalue weighted by Gasteiger charge is -2.25. The zero-order chi connectivity index (χ0) is 22.1. The number of nitrogens with one attached hydrogen (secondary N) is 2. The van der Waals surface area contributed by atoms with Crippen molar-refractivity contribution in [1.82, 2.24) is 4.31 Å². The van der Waals surface area contributed by atoms with Crippen molar-refractivity contribution in [3.05, 3.63) is 47.5 Å². The summed E-state index contributed by atoms with van der Waals surface area (Å²) >= 11 is 0. The Kier molecular flexibility index (Phi) is 6.14. The first-order chi connectivity index (χ1) is 14.1. The quantitative estimate of drug-likeness (QED) is 0.731. The smallest absolute Gasteiger partial charge is 0.265 e. The van der Waals surface area contributed by atoms with Crippen molar-refractivity contribution < 1.29 is 22.7 Å². The Morgan fingerprint density at radius 3 is 2.67 bits per heavy atom. The van der Waals surface area contributed by atoms with Crippen molar-refractivity contribution in [2.45, 2.75) is 38.2 Å². The molecular weight excluding hydrogens is 406 g/mol. The number of sulfonamides is 1. The monoisotopic (exact) mass is 431 g/mol. The molecule has 0 saturated heterocycles. The average molecular weight is 432 g/mol. The lowest BCUT2D eigenvalue weighted by atomic mass is 10.1. The number of anilines is 2. The molecule has 30 heavy (non-hydrogen) atoms. The van der Waals surface area contributed by atoms with Crippen molar-refractivity contribution in [3.8, 4) is 5.75 Å². The number of likely N-dealkylation sites (N-methyl/N-ethyl adjacent to an activating group) is 1. The predicted molar refractivity (Wildman–Crippen MR) is 114 cm³/mol. The van der Waals surface area contributed by atoms with Gasteiger partial charge in [0, 0.05) is 18.8 Å². The minimum atomic E-state index is -3.96. The van der Waals surface area contributed by atoms with Crippen LogP contribution in [-0.2, 0) is 26.0 Å². The Hall–Kier alpha value is -2.91. The summed E-state index contributed by atoms with van der Waals surface area (Å²) in [5.74, 6) is -0.450. The molecule has 2 amide bonds. The van der Waals surface area contributed by atoms with Gasteiger partial charge in [0.25, 0.3) is 5.91 Å². The number of amides is 2. The third-order valence-electron chi connectivity index (χ3n) is 4.93. The van der Waals surface area contributed by atoms with Gasteiger partial charge in [-0.25, -0.2) is 8.42 Å². The third-order valence-corrected chi connectivity index (χ3v) is 6.88. The molecule has 0 aromatic heterocycles. The average Bonchev–Trinajstić information content (AvgIpc) is 2.69. The van der Waals surface area contributed by atoms with E-state index in [9.17, 15) is 18.0 Å². The number of benzene rings is 2. The van der Waals surface area contributed by atoms with E-state index in [1.807, 2.05) is 25.1 Å². The number of aryl methyl sites for hydroxylation is 2. The van der Waals surface area contributed by atoms with E-state index in [1.165, 1.54) is 13.1 Å². The van der Waals surface area contributed by atoms with Crippen LogP contribution in [0.15, 0.2) is 41.3 Å². The molecular formula is C21H25N3O5S. The Labute approximate surface area is 176 Å². The van der Waals surface area contributed by atoms with E-state index in [2.05, 4.69) is 10.6 Å². The Morgan fingerprint density at radius 2 is 1.97 bits per heavy atom. The van der Waals surface area contributed by atoms with Gasteiger partial charge in [0.1, 0.15) is 5.75 Å². The number of ether oxygens (including phenoxy) is 1. The van der Waals surface area contributed by atoms with E-state index < -0.39 is 22.0 Å². The first kappa shape index (κ1) is 21.8. The number of fused-ring (bicyclic) bond motifs is 1. The molecule has 160 valence electrons. The van der Waals surface area contributed by atoms with Crippen LogP contribution in [-0.4, -0.2) is 44.2 Å². The number of nitrogens with zero attached hydrogens (tertiary/aromatic N) is 1. The highest BCUT2D eigenvalue weighted by Crippen LogP contribution is 2.35. The molecule has 2 aromatic rings. The van der Waals surface area contributed by atoms with Crippen LogP contribution < -0.4 is 15.4 Å². The van der Waals surface area contributed by atoms with Crippen molar-refractivity contribution in [2.24, 2.45) is 0 Å². The highest BCUT2D eigenvalue weighted by molar-refractivity contribution is 7.89. The van der Waals surface area contributed by atoms with Gasteiger partial charge in [-0.05, 0) is 43.5 Å². The fourth-order valence-electron chi connectivity index (χ4n) is 3.22.